The molecule has 1 heterocycles. The molecule has 3 heteroatoms. The van der Waals surface area contributed by atoms with Crippen molar-refractivity contribution >= 4 is 5.78 Å². The van der Waals surface area contributed by atoms with Crippen LogP contribution in [0.25, 0.3) is 0 Å². The van der Waals surface area contributed by atoms with Crippen LogP contribution in [0.5, 0.6) is 0 Å². The lowest BCUT2D eigenvalue weighted by molar-refractivity contribution is -0.126. The summed E-state index contributed by atoms with van der Waals surface area (Å²) in [4.78, 5) is 14.2. The first-order valence-corrected chi connectivity index (χ1v) is 5.99. The Morgan fingerprint density at radius 1 is 1.28 bits per heavy atom. The van der Waals surface area contributed by atoms with E-state index < -0.39 is 5.54 Å². The number of carbonyl (C=O) groups is 1. The third-order valence-corrected chi connectivity index (χ3v) is 3.35. The Balaban J connectivity index is 2.56. The van der Waals surface area contributed by atoms with E-state index in [2.05, 4.69) is 0 Å². The van der Waals surface area contributed by atoms with E-state index in [0.29, 0.717) is 6.42 Å². The SMILES string of the molecule is CCC(=O)C1(c2ccc(F)cc2)C=CC=CN1C. The summed E-state index contributed by atoms with van der Waals surface area (Å²) in [5, 5.41) is 0. The van der Waals surface area contributed by atoms with Crippen molar-refractivity contribution in [3.8, 4) is 0 Å². The summed E-state index contributed by atoms with van der Waals surface area (Å²) in [5.41, 5.74) is -0.0177. The number of allylic oxidation sites excluding steroid dienone is 2. The minimum Gasteiger partial charge on any atom is -0.361 e. The van der Waals surface area contributed by atoms with Crippen LogP contribution in [-0.2, 0) is 10.3 Å². The number of halogens is 1. The molecule has 0 saturated heterocycles. The van der Waals surface area contributed by atoms with Gasteiger partial charge in [-0.25, -0.2) is 4.39 Å². The van der Waals surface area contributed by atoms with E-state index >= 15 is 0 Å². The minimum atomic E-state index is -0.808. The third kappa shape index (κ3) is 1.86. The van der Waals surface area contributed by atoms with E-state index in [4.69, 9.17) is 0 Å². The largest absolute Gasteiger partial charge is 0.361 e. The van der Waals surface area contributed by atoms with Crippen molar-refractivity contribution in [1.82, 2.24) is 4.90 Å². The minimum absolute atomic E-state index is 0.0946. The second-order valence-electron chi connectivity index (χ2n) is 4.36. The molecule has 0 amide bonds. The molecule has 1 aliphatic heterocycles. The lowest BCUT2D eigenvalue weighted by Crippen LogP contribution is -2.46. The Morgan fingerprint density at radius 2 is 1.94 bits per heavy atom. The van der Waals surface area contributed by atoms with Crippen LogP contribution in [0.2, 0.25) is 0 Å². The van der Waals surface area contributed by atoms with E-state index in [1.54, 1.807) is 12.1 Å². The molecule has 2 nitrogen and oxygen atoms in total. The number of rotatable bonds is 3. The van der Waals surface area contributed by atoms with Gasteiger partial charge in [0.25, 0.3) is 0 Å². The molecule has 0 radical (unpaired) electrons. The highest BCUT2D eigenvalue weighted by Crippen LogP contribution is 2.34. The van der Waals surface area contributed by atoms with E-state index in [0.717, 1.165) is 5.56 Å². The van der Waals surface area contributed by atoms with Gasteiger partial charge in [0.05, 0.1) is 0 Å². The molecule has 94 valence electrons. The topological polar surface area (TPSA) is 20.3 Å². The van der Waals surface area contributed by atoms with Crippen molar-refractivity contribution in [1.29, 1.82) is 0 Å². The third-order valence-electron chi connectivity index (χ3n) is 3.35. The average Bonchev–Trinajstić information content (AvgIpc) is 2.40. The number of likely N-dealkylation sites (N-methyl/N-ethyl adjacent to an activating group) is 1. The smallest absolute Gasteiger partial charge is 0.166 e. The van der Waals surface area contributed by atoms with Gasteiger partial charge in [0.15, 0.2) is 5.78 Å². The van der Waals surface area contributed by atoms with Gasteiger partial charge < -0.3 is 4.90 Å². The molecular weight excluding hydrogens is 229 g/mol. The second kappa shape index (κ2) is 4.77. The number of benzene rings is 1. The Hall–Kier alpha value is -1.90. The normalized spacial score (nSPS) is 22.3. The van der Waals surface area contributed by atoms with Crippen LogP contribution in [0.4, 0.5) is 4.39 Å². The molecule has 0 aromatic heterocycles. The standard InChI is InChI=1S/C15H16FNO/c1-3-14(18)15(10-4-5-11-17(15)2)12-6-8-13(16)9-7-12/h4-11H,3H2,1-2H3. The van der Waals surface area contributed by atoms with Gasteiger partial charge in [-0.1, -0.05) is 25.1 Å². The van der Waals surface area contributed by atoms with Gasteiger partial charge in [0.2, 0.25) is 0 Å². The van der Waals surface area contributed by atoms with E-state index in [-0.39, 0.29) is 11.6 Å². The summed E-state index contributed by atoms with van der Waals surface area (Å²) in [7, 11) is 1.86. The first-order chi connectivity index (χ1) is 8.61. The fourth-order valence-corrected chi connectivity index (χ4v) is 2.33. The number of carbonyl (C=O) groups excluding carboxylic acids is 1. The molecule has 1 unspecified atom stereocenters. The van der Waals surface area contributed by atoms with Crippen LogP contribution in [-0.4, -0.2) is 17.7 Å². The predicted molar refractivity (Wildman–Crippen MR) is 69.4 cm³/mol. The molecule has 1 aliphatic rings. The lowest BCUT2D eigenvalue weighted by atomic mass is 9.81. The van der Waals surface area contributed by atoms with Crippen LogP contribution < -0.4 is 0 Å². The molecule has 1 aromatic rings. The maximum atomic E-state index is 13.0. The van der Waals surface area contributed by atoms with Crippen molar-refractivity contribution in [2.45, 2.75) is 18.9 Å². The van der Waals surface area contributed by atoms with Crippen molar-refractivity contribution in [2.24, 2.45) is 0 Å². The second-order valence-corrected chi connectivity index (χ2v) is 4.36. The summed E-state index contributed by atoms with van der Waals surface area (Å²) in [6.45, 7) is 1.84. The lowest BCUT2D eigenvalue weighted by Gasteiger charge is -2.39. The summed E-state index contributed by atoms with van der Waals surface area (Å²) >= 11 is 0. The van der Waals surface area contributed by atoms with Gasteiger partial charge in [0, 0.05) is 19.7 Å². The summed E-state index contributed by atoms with van der Waals surface area (Å²) < 4.78 is 13.0. The molecule has 0 N–H and O–H groups in total. The quantitative estimate of drug-likeness (QED) is 0.816. The van der Waals surface area contributed by atoms with Crippen molar-refractivity contribution < 1.29 is 9.18 Å². The Labute approximate surface area is 106 Å². The number of nitrogens with zero attached hydrogens (tertiary/aromatic N) is 1. The van der Waals surface area contributed by atoms with Gasteiger partial charge >= 0.3 is 0 Å². The first-order valence-electron chi connectivity index (χ1n) is 5.99. The molecule has 0 aliphatic carbocycles. The zero-order valence-corrected chi connectivity index (χ0v) is 10.6. The van der Waals surface area contributed by atoms with E-state index in [1.807, 2.05) is 43.3 Å². The van der Waals surface area contributed by atoms with Crippen LogP contribution in [0.15, 0.2) is 48.7 Å². The van der Waals surface area contributed by atoms with Crippen molar-refractivity contribution in [3.05, 3.63) is 60.1 Å². The summed E-state index contributed by atoms with van der Waals surface area (Å²) in [6.07, 6.45) is 7.89. The summed E-state index contributed by atoms with van der Waals surface area (Å²) in [5.74, 6) is -0.201. The Kier molecular flexibility index (Phi) is 3.32. The molecule has 1 atom stereocenters. The monoisotopic (exact) mass is 245 g/mol. The highest BCUT2D eigenvalue weighted by Gasteiger charge is 2.40. The van der Waals surface area contributed by atoms with Crippen molar-refractivity contribution in [2.75, 3.05) is 7.05 Å². The van der Waals surface area contributed by atoms with Crippen LogP contribution in [0, 0.1) is 5.82 Å². The fourth-order valence-electron chi connectivity index (χ4n) is 2.33. The zero-order valence-electron chi connectivity index (χ0n) is 10.6. The van der Waals surface area contributed by atoms with Gasteiger partial charge in [0.1, 0.15) is 11.4 Å². The maximum absolute atomic E-state index is 13.0. The maximum Gasteiger partial charge on any atom is 0.166 e. The Bertz CT molecular complexity index is 504. The van der Waals surface area contributed by atoms with Gasteiger partial charge in [-0.15, -0.1) is 0 Å². The van der Waals surface area contributed by atoms with E-state index in [1.165, 1.54) is 12.1 Å². The fraction of sp³-hybridized carbons (Fsp3) is 0.267. The molecule has 0 spiro atoms. The number of ketones is 1. The number of Topliss-reactive ketones (excluding diaryl/α,β-unsaturated/α-hetero) is 1. The van der Waals surface area contributed by atoms with Crippen molar-refractivity contribution in [3.63, 3.8) is 0 Å². The van der Waals surface area contributed by atoms with Crippen LogP contribution in [0.1, 0.15) is 18.9 Å². The van der Waals surface area contributed by atoms with E-state index in [9.17, 15) is 9.18 Å². The molecule has 2 rings (SSSR count). The predicted octanol–water partition coefficient (Wildman–Crippen LogP) is 3.02. The van der Waals surface area contributed by atoms with Gasteiger partial charge in [-0.05, 0) is 29.8 Å². The molecule has 0 bridgehead atoms. The van der Waals surface area contributed by atoms with Gasteiger partial charge in [-0.3, -0.25) is 4.79 Å². The Morgan fingerprint density at radius 3 is 2.50 bits per heavy atom. The zero-order chi connectivity index (χ0) is 13.2. The first kappa shape index (κ1) is 12.6. The van der Waals surface area contributed by atoms with Crippen LogP contribution in [0.3, 0.4) is 0 Å². The van der Waals surface area contributed by atoms with Gasteiger partial charge in [-0.2, -0.15) is 0 Å². The highest BCUT2D eigenvalue weighted by molar-refractivity contribution is 5.92. The molecule has 1 aromatic carbocycles. The molecule has 0 fully saturated rings. The summed E-state index contributed by atoms with van der Waals surface area (Å²) in [6, 6.07) is 6.12. The number of hydrogen-bond donors (Lipinski definition) is 0. The highest BCUT2D eigenvalue weighted by atomic mass is 19.1. The van der Waals surface area contributed by atoms with Crippen LogP contribution >= 0.6 is 0 Å². The molecular formula is C15H16FNO. The average molecular weight is 245 g/mol. The molecule has 18 heavy (non-hydrogen) atoms. The molecule has 0 saturated carbocycles. The number of hydrogen-bond acceptors (Lipinski definition) is 2.